The zero-order valence-corrected chi connectivity index (χ0v) is 19.6. The minimum atomic E-state index is -0.762. The molecule has 0 aliphatic carbocycles. The summed E-state index contributed by atoms with van der Waals surface area (Å²) in [6, 6.07) is 4.05. The molecule has 0 saturated carbocycles. The van der Waals surface area contributed by atoms with Crippen LogP contribution in [-0.2, 0) is 7.05 Å². The van der Waals surface area contributed by atoms with Crippen LogP contribution >= 0.6 is 11.3 Å². The van der Waals surface area contributed by atoms with Crippen molar-refractivity contribution in [2.45, 2.75) is 25.3 Å². The molecular weight excluding hydrogens is 448 g/mol. The number of thiazole rings is 1. The van der Waals surface area contributed by atoms with Crippen LogP contribution in [0.4, 0.5) is 25.3 Å². The Morgan fingerprint density at radius 3 is 2.67 bits per heavy atom. The summed E-state index contributed by atoms with van der Waals surface area (Å²) in [6.45, 7) is 1.68. The number of nitrogens with two attached hydrogens (primary N) is 1. The Labute approximate surface area is 195 Å². The van der Waals surface area contributed by atoms with E-state index in [1.807, 2.05) is 7.05 Å². The van der Waals surface area contributed by atoms with Gasteiger partial charge in [0.05, 0.1) is 11.8 Å². The SMILES string of the molecule is CN(C)[C@@H]1CCCN(c2c(NC(=O)c3nc(-c4c(F)cccc4F)sc3N)cnn2C)CC1. The number of nitrogens with zero attached hydrogens (tertiary/aromatic N) is 5. The molecule has 0 spiro atoms. The number of hydrogen-bond donors (Lipinski definition) is 2. The molecule has 0 unspecified atom stereocenters. The van der Waals surface area contributed by atoms with Gasteiger partial charge >= 0.3 is 0 Å². The van der Waals surface area contributed by atoms with Crippen LogP contribution in [0.5, 0.6) is 0 Å². The van der Waals surface area contributed by atoms with Crippen LogP contribution in [0.1, 0.15) is 29.8 Å². The number of carbonyl (C=O) groups is 1. The van der Waals surface area contributed by atoms with Crippen molar-refractivity contribution in [3.05, 3.63) is 41.7 Å². The van der Waals surface area contributed by atoms with Crippen LogP contribution in [0.3, 0.4) is 0 Å². The number of carbonyl (C=O) groups excluding carboxylic acids is 1. The smallest absolute Gasteiger partial charge is 0.277 e. The largest absolute Gasteiger partial charge is 0.389 e. The topological polar surface area (TPSA) is 92.3 Å². The van der Waals surface area contributed by atoms with Crippen LogP contribution in [0.25, 0.3) is 10.6 Å². The van der Waals surface area contributed by atoms with E-state index in [4.69, 9.17) is 5.73 Å². The molecule has 2 aromatic heterocycles. The summed E-state index contributed by atoms with van der Waals surface area (Å²) in [5, 5.41) is 7.26. The highest BCUT2D eigenvalue weighted by Crippen LogP contribution is 2.34. The molecule has 176 valence electrons. The van der Waals surface area contributed by atoms with Gasteiger partial charge in [-0.15, -0.1) is 0 Å². The Hall–Kier alpha value is -3.05. The molecule has 1 saturated heterocycles. The lowest BCUT2D eigenvalue weighted by atomic mass is 10.1. The maximum absolute atomic E-state index is 14.2. The normalized spacial score (nSPS) is 16.8. The van der Waals surface area contributed by atoms with Crippen LogP contribution in [-0.4, -0.2) is 58.8 Å². The average Bonchev–Trinajstić information content (AvgIpc) is 3.20. The van der Waals surface area contributed by atoms with E-state index >= 15 is 0 Å². The van der Waals surface area contributed by atoms with Crippen molar-refractivity contribution in [1.29, 1.82) is 0 Å². The number of hydrogen-bond acceptors (Lipinski definition) is 7. The second-order valence-electron chi connectivity index (χ2n) is 8.32. The van der Waals surface area contributed by atoms with Gasteiger partial charge in [-0.05, 0) is 45.5 Å². The third-order valence-electron chi connectivity index (χ3n) is 5.93. The maximum Gasteiger partial charge on any atom is 0.277 e. The molecular formula is C22H27F2N7OS. The third kappa shape index (κ3) is 4.69. The van der Waals surface area contributed by atoms with Gasteiger partial charge in [-0.3, -0.25) is 9.48 Å². The predicted octanol–water partition coefficient (Wildman–Crippen LogP) is 3.58. The first-order valence-electron chi connectivity index (χ1n) is 10.7. The molecule has 3 N–H and O–H groups in total. The van der Waals surface area contributed by atoms with Gasteiger partial charge in [0, 0.05) is 26.2 Å². The first kappa shape index (κ1) is 23.1. The quantitative estimate of drug-likeness (QED) is 0.586. The highest BCUT2D eigenvalue weighted by molar-refractivity contribution is 7.19. The molecule has 1 fully saturated rings. The number of benzene rings is 1. The molecule has 1 aromatic carbocycles. The Bertz CT molecular complexity index is 1140. The van der Waals surface area contributed by atoms with Gasteiger partial charge in [-0.25, -0.2) is 13.8 Å². The zero-order chi connectivity index (χ0) is 23.7. The van der Waals surface area contributed by atoms with Gasteiger partial charge in [0.25, 0.3) is 5.91 Å². The first-order valence-corrected chi connectivity index (χ1v) is 11.5. The van der Waals surface area contributed by atoms with Crippen molar-refractivity contribution < 1.29 is 13.6 Å². The fraction of sp³-hybridized carbons (Fsp3) is 0.409. The second kappa shape index (κ2) is 9.44. The van der Waals surface area contributed by atoms with E-state index in [2.05, 4.69) is 39.3 Å². The fourth-order valence-corrected chi connectivity index (χ4v) is 5.06. The molecule has 1 atom stereocenters. The minimum absolute atomic E-state index is 0.0157. The molecule has 1 aliphatic rings. The van der Waals surface area contributed by atoms with Gasteiger partial charge in [0.1, 0.15) is 27.3 Å². The number of nitrogens with one attached hydrogen (secondary N) is 1. The predicted molar refractivity (Wildman–Crippen MR) is 127 cm³/mol. The molecule has 8 nitrogen and oxygen atoms in total. The van der Waals surface area contributed by atoms with E-state index in [9.17, 15) is 13.6 Å². The Kier molecular flexibility index (Phi) is 6.61. The number of anilines is 3. The summed E-state index contributed by atoms with van der Waals surface area (Å²) in [7, 11) is 6.01. The fourth-order valence-electron chi connectivity index (χ4n) is 4.19. The van der Waals surface area contributed by atoms with E-state index in [1.165, 1.54) is 6.07 Å². The van der Waals surface area contributed by atoms with E-state index in [0.717, 1.165) is 61.6 Å². The molecule has 1 amide bonds. The van der Waals surface area contributed by atoms with Crippen molar-refractivity contribution in [1.82, 2.24) is 19.7 Å². The van der Waals surface area contributed by atoms with Gasteiger partial charge in [-0.1, -0.05) is 17.4 Å². The lowest BCUT2D eigenvalue weighted by Gasteiger charge is -2.25. The van der Waals surface area contributed by atoms with E-state index in [0.29, 0.717) is 11.7 Å². The second-order valence-corrected chi connectivity index (χ2v) is 9.35. The number of aromatic nitrogens is 3. The van der Waals surface area contributed by atoms with Crippen LogP contribution in [0, 0.1) is 11.6 Å². The molecule has 4 rings (SSSR count). The maximum atomic E-state index is 14.2. The van der Waals surface area contributed by atoms with E-state index < -0.39 is 17.5 Å². The van der Waals surface area contributed by atoms with Gasteiger partial charge in [-0.2, -0.15) is 5.10 Å². The Morgan fingerprint density at radius 1 is 1.24 bits per heavy atom. The zero-order valence-electron chi connectivity index (χ0n) is 18.8. The number of nitrogen functional groups attached to an aromatic ring is 1. The molecule has 3 heterocycles. The number of aryl methyl sites for hydroxylation is 1. The lowest BCUT2D eigenvalue weighted by Crippen LogP contribution is -2.31. The van der Waals surface area contributed by atoms with Crippen molar-refractivity contribution in [3.8, 4) is 10.6 Å². The summed E-state index contributed by atoms with van der Waals surface area (Å²) in [4.78, 5) is 21.6. The number of halogens is 2. The molecule has 1 aliphatic heterocycles. The van der Waals surface area contributed by atoms with Gasteiger partial charge in [0.15, 0.2) is 11.5 Å². The molecule has 33 heavy (non-hydrogen) atoms. The summed E-state index contributed by atoms with van der Waals surface area (Å²) < 4.78 is 30.1. The van der Waals surface area contributed by atoms with Crippen LogP contribution in [0.2, 0.25) is 0 Å². The number of rotatable bonds is 5. The minimum Gasteiger partial charge on any atom is -0.389 e. The summed E-state index contributed by atoms with van der Waals surface area (Å²) in [5.41, 5.74) is 6.17. The summed E-state index contributed by atoms with van der Waals surface area (Å²) in [5.74, 6) is -1.27. The highest BCUT2D eigenvalue weighted by atomic mass is 32.1. The van der Waals surface area contributed by atoms with Gasteiger partial charge in [0.2, 0.25) is 0 Å². The first-order chi connectivity index (χ1) is 15.8. The molecule has 0 radical (unpaired) electrons. The van der Waals surface area contributed by atoms with E-state index in [1.54, 1.807) is 10.9 Å². The molecule has 0 bridgehead atoms. The standard InChI is InChI=1S/C22H27F2N7OS/c1-29(2)13-6-5-10-31(11-9-13)22-16(12-26-30(22)3)27-20(32)18-19(25)33-21(28-18)17-14(23)7-4-8-15(17)24/h4,7-8,12-13H,5-6,9-11,25H2,1-3H3,(H,27,32)/t13-/m1/s1. The van der Waals surface area contributed by atoms with E-state index in [-0.39, 0.29) is 21.3 Å². The van der Waals surface area contributed by atoms with Gasteiger partial charge < -0.3 is 20.9 Å². The lowest BCUT2D eigenvalue weighted by molar-refractivity contribution is 0.102. The van der Waals surface area contributed by atoms with Crippen LogP contribution in [0.15, 0.2) is 24.4 Å². The number of amides is 1. The summed E-state index contributed by atoms with van der Waals surface area (Å²) >= 11 is 0.868. The van der Waals surface area contributed by atoms with Crippen molar-refractivity contribution in [3.63, 3.8) is 0 Å². The Morgan fingerprint density at radius 2 is 1.97 bits per heavy atom. The van der Waals surface area contributed by atoms with Crippen molar-refractivity contribution in [2.24, 2.45) is 7.05 Å². The molecule has 11 heteroatoms. The average molecular weight is 476 g/mol. The monoisotopic (exact) mass is 475 g/mol. The van der Waals surface area contributed by atoms with Crippen LogP contribution < -0.4 is 16.0 Å². The van der Waals surface area contributed by atoms with Crippen molar-refractivity contribution >= 4 is 33.8 Å². The summed E-state index contributed by atoms with van der Waals surface area (Å²) in [6.07, 6.45) is 4.72. The highest BCUT2D eigenvalue weighted by Gasteiger charge is 2.26. The Balaban J connectivity index is 1.57. The third-order valence-corrected chi connectivity index (χ3v) is 6.83. The molecule has 3 aromatic rings. The van der Waals surface area contributed by atoms with Crippen molar-refractivity contribution in [2.75, 3.05) is 43.1 Å².